The summed E-state index contributed by atoms with van der Waals surface area (Å²) in [6, 6.07) is 81.3. The summed E-state index contributed by atoms with van der Waals surface area (Å²) in [5.74, 6) is 0. The molecule has 3 aliphatic rings. The molecule has 3 aliphatic carbocycles. The van der Waals surface area contributed by atoms with Gasteiger partial charge in [0, 0.05) is 45.0 Å². The standard InChI is InChI=1S/C68H54N2/c1-67(2)61-31-19-17-29-53(61)55-37-33-45(41-63(55)67)65-57-39-35-52(70(49-25-13-7-14-26-49)50-27-15-8-16-28-50)44-60(57)66(46-34-38-56-54-30-18-20-32-62(54)68(3,4)64(56)42-46)58-40-36-51(43-59(58)65)69(47-21-9-5-10-22-47)48-23-11-6-12-24-48/h5-19,21-31,33-44H,20,32H2,1-4H3. The molecule has 0 aromatic heterocycles. The zero-order valence-electron chi connectivity index (χ0n) is 40.2. The first kappa shape index (κ1) is 41.9. The van der Waals surface area contributed by atoms with Crippen molar-refractivity contribution in [3.8, 4) is 33.4 Å². The Balaban J connectivity index is 1.14. The number of para-hydroxylation sites is 4. The minimum absolute atomic E-state index is 0.0760. The van der Waals surface area contributed by atoms with Crippen molar-refractivity contribution in [2.75, 3.05) is 9.80 Å². The lowest BCUT2D eigenvalue weighted by Crippen LogP contribution is -2.17. The van der Waals surface area contributed by atoms with Crippen LogP contribution in [0.25, 0.3) is 60.5 Å². The number of anilines is 6. The molecule has 10 aromatic carbocycles. The van der Waals surface area contributed by atoms with E-state index in [0.717, 1.165) is 47.0 Å². The highest BCUT2D eigenvalue weighted by atomic mass is 15.1. The smallest absolute Gasteiger partial charge is 0.0468 e. The lowest BCUT2D eigenvalue weighted by molar-refractivity contribution is 0.607. The summed E-state index contributed by atoms with van der Waals surface area (Å²) >= 11 is 0. The van der Waals surface area contributed by atoms with Gasteiger partial charge in [-0.05, 0) is 181 Å². The number of nitrogens with zero attached hydrogens (tertiary/aromatic N) is 2. The van der Waals surface area contributed by atoms with Gasteiger partial charge in [-0.15, -0.1) is 0 Å². The Bertz CT molecular complexity index is 3670. The number of benzene rings is 10. The molecule has 0 unspecified atom stereocenters. The van der Waals surface area contributed by atoms with Crippen molar-refractivity contribution in [2.24, 2.45) is 0 Å². The first-order valence-electron chi connectivity index (χ1n) is 24.9. The van der Waals surface area contributed by atoms with E-state index in [1.165, 1.54) is 82.8 Å². The van der Waals surface area contributed by atoms with Gasteiger partial charge in [0.25, 0.3) is 0 Å². The quantitative estimate of drug-likeness (QED) is 0.140. The third-order valence-electron chi connectivity index (χ3n) is 15.7. The number of hydrogen-bond acceptors (Lipinski definition) is 2. The van der Waals surface area contributed by atoms with E-state index in [0.29, 0.717) is 0 Å². The maximum Gasteiger partial charge on any atom is 0.0468 e. The summed E-state index contributed by atoms with van der Waals surface area (Å²) in [5, 5.41) is 4.90. The fourth-order valence-corrected chi connectivity index (χ4v) is 12.3. The third kappa shape index (κ3) is 6.54. The molecule has 0 radical (unpaired) electrons. The van der Waals surface area contributed by atoms with Crippen LogP contribution < -0.4 is 9.80 Å². The molecule has 13 rings (SSSR count). The van der Waals surface area contributed by atoms with E-state index in [-0.39, 0.29) is 10.8 Å². The van der Waals surface area contributed by atoms with Crippen LogP contribution >= 0.6 is 0 Å². The molecule has 0 N–H and O–H groups in total. The van der Waals surface area contributed by atoms with E-state index >= 15 is 0 Å². The van der Waals surface area contributed by atoms with Crippen LogP contribution in [0.2, 0.25) is 0 Å². The highest BCUT2D eigenvalue weighted by molar-refractivity contribution is 6.23. The number of allylic oxidation sites excluding steroid dienone is 4. The van der Waals surface area contributed by atoms with Gasteiger partial charge in [0.2, 0.25) is 0 Å². The molecule has 0 saturated heterocycles. The fraction of sp³-hybridized carbons (Fsp3) is 0.118. The van der Waals surface area contributed by atoms with Crippen LogP contribution in [-0.2, 0) is 10.8 Å². The maximum atomic E-state index is 2.54. The molecule has 0 amide bonds. The number of fused-ring (bicyclic) bond motifs is 7. The Morgan fingerprint density at radius 3 is 1.27 bits per heavy atom. The average Bonchev–Trinajstić information content (AvgIpc) is 3.78. The Labute approximate surface area is 412 Å². The highest BCUT2D eigenvalue weighted by Crippen LogP contribution is 2.55. The van der Waals surface area contributed by atoms with Crippen molar-refractivity contribution in [2.45, 2.75) is 51.4 Å². The Morgan fingerprint density at radius 2 is 0.771 bits per heavy atom. The second-order valence-corrected chi connectivity index (χ2v) is 20.4. The minimum atomic E-state index is -0.158. The van der Waals surface area contributed by atoms with E-state index in [9.17, 15) is 0 Å². The third-order valence-corrected chi connectivity index (χ3v) is 15.7. The molecule has 336 valence electrons. The fourth-order valence-electron chi connectivity index (χ4n) is 12.3. The molecule has 2 nitrogen and oxygen atoms in total. The molecule has 0 spiro atoms. The Hall–Kier alpha value is -8.20. The van der Waals surface area contributed by atoms with Gasteiger partial charge >= 0.3 is 0 Å². The Morgan fingerprint density at radius 1 is 0.343 bits per heavy atom. The van der Waals surface area contributed by atoms with Gasteiger partial charge < -0.3 is 9.80 Å². The molecule has 0 heterocycles. The summed E-state index contributed by atoms with van der Waals surface area (Å²) in [7, 11) is 0. The monoisotopic (exact) mass is 898 g/mol. The predicted molar refractivity (Wildman–Crippen MR) is 298 cm³/mol. The van der Waals surface area contributed by atoms with Crippen LogP contribution in [-0.4, -0.2) is 0 Å². The van der Waals surface area contributed by atoms with Crippen LogP contribution in [0.3, 0.4) is 0 Å². The molecule has 70 heavy (non-hydrogen) atoms. The van der Waals surface area contributed by atoms with Gasteiger partial charge in [-0.3, -0.25) is 0 Å². The van der Waals surface area contributed by atoms with Crippen LogP contribution in [0.4, 0.5) is 34.1 Å². The van der Waals surface area contributed by atoms with Crippen LogP contribution in [0, 0.1) is 0 Å². The van der Waals surface area contributed by atoms with Crippen molar-refractivity contribution in [1.29, 1.82) is 0 Å². The lowest BCUT2D eigenvalue weighted by Gasteiger charge is -2.29. The van der Waals surface area contributed by atoms with Gasteiger partial charge in [-0.1, -0.05) is 179 Å². The van der Waals surface area contributed by atoms with E-state index in [1.54, 1.807) is 5.57 Å². The lowest BCUT2D eigenvalue weighted by atomic mass is 9.77. The van der Waals surface area contributed by atoms with Crippen molar-refractivity contribution in [3.63, 3.8) is 0 Å². The molecule has 2 heteroatoms. The van der Waals surface area contributed by atoms with Crippen molar-refractivity contribution < 1.29 is 0 Å². The normalized spacial score (nSPS) is 14.9. The van der Waals surface area contributed by atoms with Crippen molar-refractivity contribution in [1.82, 2.24) is 0 Å². The summed E-state index contributed by atoms with van der Waals surface area (Å²) in [4.78, 5) is 4.80. The second kappa shape index (κ2) is 16.2. The molecule has 0 bridgehead atoms. The molecule has 0 atom stereocenters. The summed E-state index contributed by atoms with van der Waals surface area (Å²) < 4.78 is 0. The molecule has 0 fully saturated rings. The van der Waals surface area contributed by atoms with Gasteiger partial charge in [0.1, 0.15) is 0 Å². The van der Waals surface area contributed by atoms with E-state index in [1.807, 2.05) is 0 Å². The number of rotatable bonds is 8. The van der Waals surface area contributed by atoms with Crippen molar-refractivity contribution >= 4 is 61.2 Å². The molecule has 0 aliphatic heterocycles. The minimum Gasteiger partial charge on any atom is -0.310 e. The van der Waals surface area contributed by atoms with Gasteiger partial charge in [-0.2, -0.15) is 0 Å². The Kier molecular flexibility index (Phi) is 9.72. The second-order valence-electron chi connectivity index (χ2n) is 20.4. The largest absolute Gasteiger partial charge is 0.310 e. The van der Waals surface area contributed by atoms with Crippen LogP contribution in [0.5, 0.6) is 0 Å². The summed E-state index contributed by atoms with van der Waals surface area (Å²) in [6.45, 7) is 9.66. The average molecular weight is 899 g/mol. The predicted octanol–water partition coefficient (Wildman–Crippen LogP) is 19.0. The zero-order chi connectivity index (χ0) is 47.1. The summed E-state index contributed by atoms with van der Waals surface area (Å²) in [5.41, 5.74) is 22.6. The van der Waals surface area contributed by atoms with Crippen LogP contribution in [0.1, 0.15) is 62.8 Å². The summed E-state index contributed by atoms with van der Waals surface area (Å²) in [6.07, 6.45) is 6.93. The SMILES string of the molecule is CC1(C)C2=C(C=CCC2)c2ccc(-c3c4ccc(N(c5ccccc5)c5ccccc5)cc4c(-c4ccc5c(c4)C(C)(C)c4ccccc4-5)c4ccc(N(c5ccccc5)c5ccccc5)cc34)cc21. The van der Waals surface area contributed by atoms with Gasteiger partial charge in [0.05, 0.1) is 0 Å². The topological polar surface area (TPSA) is 6.48 Å². The van der Waals surface area contributed by atoms with Gasteiger partial charge in [-0.25, -0.2) is 0 Å². The van der Waals surface area contributed by atoms with Crippen molar-refractivity contribution in [3.05, 3.63) is 258 Å². The van der Waals surface area contributed by atoms with Crippen LogP contribution in [0.15, 0.2) is 236 Å². The molecular formula is C68H54N2. The van der Waals surface area contributed by atoms with Gasteiger partial charge in [0.15, 0.2) is 0 Å². The maximum absolute atomic E-state index is 2.54. The molecule has 0 saturated carbocycles. The first-order valence-corrected chi connectivity index (χ1v) is 24.9. The molecular weight excluding hydrogens is 845 g/mol. The number of hydrogen-bond donors (Lipinski definition) is 0. The van der Waals surface area contributed by atoms with E-state index < -0.39 is 0 Å². The zero-order valence-corrected chi connectivity index (χ0v) is 40.2. The molecule has 10 aromatic rings. The van der Waals surface area contributed by atoms with E-state index in [4.69, 9.17) is 0 Å². The first-order chi connectivity index (χ1) is 34.3. The highest BCUT2D eigenvalue weighted by Gasteiger charge is 2.38. The van der Waals surface area contributed by atoms with E-state index in [2.05, 4.69) is 268 Å².